The van der Waals surface area contributed by atoms with Gasteiger partial charge < -0.3 is 10.1 Å². The molecule has 1 aliphatic rings. The summed E-state index contributed by atoms with van der Waals surface area (Å²) < 4.78 is 5.12. The molecule has 1 atom stereocenters. The fourth-order valence-corrected chi connectivity index (χ4v) is 6.53. The molecule has 1 N–H and O–H groups in total. The number of anilines is 1. The summed E-state index contributed by atoms with van der Waals surface area (Å²) >= 11 is 1.51. The zero-order chi connectivity index (χ0) is 25.4. The molecule has 2 heterocycles. The molecule has 0 radical (unpaired) electrons. The van der Waals surface area contributed by atoms with Gasteiger partial charge in [0.2, 0.25) is 0 Å². The highest BCUT2D eigenvalue weighted by atomic mass is 32.1. The second kappa shape index (κ2) is 9.86. The topological polar surface area (TPSA) is 68.3 Å². The number of aromatic nitrogens is 1. The van der Waals surface area contributed by atoms with Crippen LogP contribution >= 0.6 is 11.3 Å². The van der Waals surface area contributed by atoms with Gasteiger partial charge in [0, 0.05) is 15.8 Å². The number of pyridine rings is 1. The molecule has 184 valence electrons. The van der Waals surface area contributed by atoms with Crippen molar-refractivity contribution in [3.05, 3.63) is 81.2 Å². The van der Waals surface area contributed by atoms with Crippen molar-refractivity contribution >= 4 is 39.1 Å². The number of nitrogens with one attached hydrogen (secondary N) is 1. The number of esters is 1. The van der Waals surface area contributed by atoms with Gasteiger partial charge in [-0.05, 0) is 62.3 Å². The zero-order valence-electron chi connectivity index (χ0n) is 21.1. The molecule has 0 saturated heterocycles. The fourth-order valence-electron chi connectivity index (χ4n) is 5.18. The molecule has 1 aliphatic carbocycles. The van der Waals surface area contributed by atoms with Crippen molar-refractivity contribution in [2.24, 2.45) is 5.92 Å². The average molecular weight is 499 g/mol. The van der Waals surface area contributed by atoms with Crippen LogP contribution in [0, 0.1) is 19.8 Å². The smallest absolute Gasteiger partial charge is 0.341 e. The van der Waals surface area contributed by atoms with Gasteiger partial charge in [0.25, 0.3) is 5.91 Å². The normalized spacial score (nSPS) is 14.9. The fraction of sp³-hybridized carbons (Fsp3) is 0.300. The summed E-state index contributed by atoms with van der Waals surface area (Å²) in [4.78, 5) is 32.6. The second-order valence-corrected chi connectivity index (χ2v) is 10.7. The van der Waals surface area contributed by atoms with E-state index in [0.29, 0.717) is 22.0 Å². The van der Waals surface area contributed by atoms with E-state index in [2.05, 4.69) is 44.3 Å². The maximum atomic E-state index is 13.8. The summed E-state index contributed by atoms with van der Waals surface area (Å²) in [7, 11) is 1.39. The quantitative estimate of drug-likeness (QED) is 0.297. The lowest BCUT2D eigenvalue weighted by Crippen LogP contribution is -2.17. The largest absolute Gasteiger partial charge is 0.465 e. The molecule has 4 aromatic rings. The van der Waals surface area contributed by atoms with E-state index in [1.165, 1.54) is 28.9 Å². The highest BCUT2D eigenvalue weighted by molar-refractivity contribution is 7.17. The first-order chi connectivity index (χ1) is 17.4. The summed E-state index contributed by atoms with van der Waals surface area (Å²) in [5.41, 5.74) is 6.85. The Morgan fingerprint density at radius 2 is 1.94 bits per heavy atom. The Morgan fingerprint density at radius 1 is 1.14 bits per heavy atom. The standard InChI is InChI=1S/C30H30N2O3S/c1-5-19-11-13-22-26(15-19)36-29(27(22)30(34)35-4)32-28(33)23-16-25(20-12-10-17(2)14-18(20)3)31-24-9-7-6-8-21(23)24/h6-10,12,14,16,19H,5,11,13,15H2,1-4H3,(H,32,33)/t19-/m1/s1. The van der Waals surface area contributed by atoms with E-state index in [1.807, 2.05) is 30.3 Å². The highest BCUT2D eigenvalue weighted by Gasteiger charge is 2.30. The molecule has 0 bridgehead atoms. The number of carbonyl (C=O) groups is 2. The van der Waals surface area contributed by atoms with Gasteiger partial charge in [-0.2, -0.15) is 0 Å². The van der Waals surface area contributed by atoms with Crippen LogP contribution in [0.2, 0.25) is 0 Å². The van der Waals surface area contributed by atoms with Gasteiger partial charge in [-0.3, -0.25) is 4.79 Å². The molecule has 5 rings (SSSR count). The zero-order valence-corrected chi connectivity index (χ0v) is 21.9. The van der Waals surface area contributed by atoms with Gasteiger partial charge in [-0.25, -0.2) is 9.78 Å². The molecule has 6 heteroatoms. The average Bonchev–Trinajstić information content (AvgIpc) is 3.24. The third kappa shape index (κ3) is 4.42. The van der Waals surface area contributed by atoms with Crippen LogP contribution in [0.3, 0.4) is 0 Å². The van der Waals surface area contributed by atoms with Crippen molar-refractivity contribution in [3.8, 4) is 11.3 Å². The number of methoxy groups -OCH3 is 1. The molecule has 0 unspecified atom stereocenters. The van der Waals surface area contributed by atoms with Crippen molar-refractivity contribution < 1.29 is 14.3 Å². The summed E-state index contributed by atoms with van der Waals surface area (Å²) in [6, 6.07) is 15.8. The SMILES string of the molecule is CC[C@@H]1CCc2c(sc(NC(=O)c3cc(-c4ccc(C)cc4C)nc4ccccc34)c2C(=O)OC)C1. The van der Waals surface area contributed by atoms with E-state index in [-0.39, 0.29) is 5.91 Å². The van der Waals surface area contributed by atoms with Crippen LogP contribution in [0.5, 0.6) is 0 Å². The van der Waals surface area contributed by atoms with Gasteiger partial charge >= 0.3 is 5.97 Å². The van der Waals surface area contributed by atoms with Crippen LogP contribution in [0.15, 0.2) is 48.5 Å². The van der Waals surface area contributed by atoms with Crippen LogP contribution in [0.1, 0.15) is 62.0 Å². The van der Waals surface area contributed by atoms with Crippen LogP contribution in [0.4, 0.5) is 5.00 Å². The van der Waals surface area contributed by atoms with Crippen LogP contribution in [-0.4, -0.2) is 24.0 Å². The predicted octanol–water partition coefficient (Wildman–Crippen LogP) is 7.13. The maximum absolute atomic E-state index is 13.8. The van der Waals surface area contributed by atoms with E-state index >= 15 is 0 Å². The Hall–Kier alpha value is -3.51. The minimum absolute atomic E-state index is 0.254. The highest BCUT2D eigenvalue weighted by Crippen LogP contribution is 2.41. The molecular formula is C30H30N2O3S. The number of para-hydroxylation sites is 1. The van der Waals surface area contributed by atoms with Crippen molar-refractivity contribution in [1.82, 2.24) is 4.98 Å². The van der Waals surface area contributed by atoms with E-state index in [1.54, 1.807) is 0 Å². The number of thiophene rings is 1. The van der Waals surface area contributed by atoms with Crippen LogP contribution in [-0.2, 0) is 17.6 Å². The first-order valence-electron chi connectivity index (χ1n) is 12.4. The Kier molecular flexibility index (Phi) is 6.63. The van der Waals surface area contributed by atoms with Crippen molar-refractivity contribution in [3.63, 3.8) is 0 Å². The van der Waals surface area contributed by atoms with E-state index in [4.69, 9.17) is 9.72 Å². The Balaban J connectivity index is 1.59. The minimum atomic E-state index is -0.395. The molecule has 2 aromatic heterocycles. The molecule has 0 fully saturated rings. The van der Waals surface area contributed by atoms with Crippen LogP contribution in [0.25, 0.3) is 22.2 Å². The third-order valence-electron chi connectivity index (χ3n) is 7.18. The first kappa shape index (κ1) is 24.2. The lowest BCUT2D eigenvalue weighted by Gasteiger charge is -2.20. The number of benzene rings is 2. The lowest BCUT2D eigenvalue weighted by atomic mass is 9.85. The van der Waals surface area contributed by atoms with Gasteiger partial charge in [0.1, 0.15) is 5.00 Å². The number of rotatable bonds is 5. The van der Waals surface area contributed by atoms with Crippen molar-refractivity contribution in [2.75, 3.05) is 12.4 Å². The Bertz CT molecular complexity index is 1490. The van der Waals surface area contributed by atoms with E-state index < -0.39 is 5.97 Å². The number of amides is 1. The molecule has 5 nitrogen and oxygen atoms in total. The summed E-state index contributed by atoms with van der Waals surface area (Å²) in [5.74, 6) is -0.0432. The monoisotopic (exact) mass is 498 g/mol. The Labute approximate surface area is 215 Å². The maximum Gasteiger partial charge on any atom is 0.341 e. The Morgan fingerprint density at radius 3 is 2.69 bits per heavy atom. The lowest BCUT2D eigenvalue weighted by molar-refractivity contribution is 0.0600. The van der Waals surface area contributed by atoms with Gasteiger partial charge in [-0.15, -0.1) is 11.3 Å². The summed E-state index contributed by atoms with van der Waals surface area (Å²) in [6.07, 6.45) is 3.92. The van der Waals surface area contributed by atoms with Crippen molar-refractivity contribution in [2.45, 2.75) is 46.5 Å². The van der Waals surface area contributed by atoms with Gasteiger partial charge in [0.15, 0.2) is 0 Å². The summed E-state index contributed by atoms with van der Waals surface area (Å²) in [6.45, 7) is 6.32. The molecular weight excluding hydrogens is 468 g/mol. The molecule has 1 amide bonds. The van der Waals surface area contributed by atoms with Gasteiger partial charge in [-0.1, -0.05) is 55.3 Å². The number of nitrogens with zero attached hydrogens (tertiary/aromatic N) is 1. The summed E-state index contributed by atoms with van der Waals surface area (Å²) in [5, 5.41) is 4.42. The number of carbonyl (C=O) groups excluding carboxylic acids is 2. The van der Waals surface area contributed by atoms with Crippen LogP contribution < -0.4 is 5.32 Å². The molecule has 0 spiro atoms. The number of aryl methyl sites for hydroxylation is 2. The molecule has 36 heavy (non-hydrogen) atoms. The molecule has 0 aliphatic heterocycles. The minimum Gasteiger partial charge on any atom is -0.465 e. The third-order valence-corrected chi connectivity index (χ3v) is 8.35. The van der Waals surface area contributed by atoms with Crippen molar-refractivity contribution in [1.29, 1.82) is 0 Å². The molecule has 0 saturated carbocycles. The molecule has 2 aromatic carbocycles. The predicted molar refractivity (Wildman–Crippen MR) is 146 cm³/mol. The number of fused-ring (bicyclic) bond motifs is 2. The number of hydrogen-bond donors (Lipinski definition) is 1. The number of hydrogen-bond acceptors (Lipinski definition) is 5. The first-order valence-corrected chi connectivity index (χ1v) is 13.2. The van der Waals surface area contributed by atoms with E-state index in [9.17, 15) is 9.59 Å². The van der Waals surface area contributed by atoms with E-state index in [0.717, 1.165) is 59.0 Å². The van der Waals surface area contributed by atoms with Gasteiger partial charge in [0.05, 0.1) is 29.4 Å². The number of ether oxygens (including phenoxy) is 1. The second-order valence-electron chi connectivity index (χ2n) is 9.56.